The largest absolute Gasteiger partial charge is 0.394 e. The first-order valence-corrected chi connectivity index (χ1v) is 7.24. The van der Waals surface area contributed by atoms with Gasteiger partial charge in [-0.15, -0.1) is 0 Å². The van der Waals surface area contributed by atoms with Crippen LogP contribution in [-0.4, -0.2) is 49.9 Å². The molecule has 0 radical (unpaired) electrons. The van der Waals surface area contributed by atoms with Crippen LogP contribution in [0, 0.1) is 0 Å². The molecular formula is C11H15N3O4S. The number of aromatic amines is 1. The van der Waals surface area contributed by atoms with Gasteiger partial charge in [-0.3, -0.25) is 0 Å². The number of aliphatic hydroxyl groups excluding tert-OH is 1. The van der Waals surface area contributed by atoms with Crippen molar-refractivity contribution in [2.75, 3.05) is 26.4 Å². The second kappa shape index (κ2) is 6.11. The van der Waals surface area contributed by atoms with E-state index in [-0.39, 0.29) is 31.3 Å². The van der Waals surface area contributed by atoms with Crippen LogP contribution in [0.2, 0.25) is 0 Å². The molecule has 0 saturated carbocycles. The van der Waals surface area contributed by atoms with Gasteiger partial charge in [-0.25, -0.2) is 18.1 Å². The van der Waals surface area contributed by atoms with Gasteiger partial charge in [-0.05, 0) is 12.1 Å². The van der Waals surface area contributed by atoms with E-state index in [1.54, 1.807) is 18.3 Å². The van der Waals surface area contributed by atoms with E-state index in [0.29, 0.717) is 11.0 Å². The molecule has 2 heterocycles. The first-order valence-electron chi connectivity index (χ1n) is 5.75. The number of hydrogen-bond donors (Lipinski definition) is 3. The minimum Gasteiger partial charge on any atom is -0.394 e. The third kappa shape index (κ3) is 3.29. The minimum atomic E-state index is -3.59. The Bertz CT molecular complexity index is 638. The zero-order chi connectivity index (χ0) is 13.7. The molecule has 0 aliphatic carbocycles. The smallest absolute Gasteiger partial charge is 0.242 e. The number of nitrogens with zero attached hydrogens (tertiary/aromatic N) is 1. The first-order chi connectivity index (χ1) is 9.15. The maximum atomic E-state index is 12.1. The average Bonchev–Trinajstić information content (AvgIpc) is 2.83. The minimum absolute atomic E-state index is 0.0825. The molecule has 2 rings (SSSR count). The summed E-state index contributed by atoms with van der Waals surface area (Å²) in [7, 11) is -3.59. The summed E-state index contributed by atoms with van der Waals surface area (Å²) in [5.41, 5.74) is 0.527. The Labute approximate surface area is 110 Å². The van der Waals surface area contributed by atoms with E-state index in [1.807, 2.05) is 0 Å². The van der Waals surface area contributed by atoms with Crippen LogP contribution in [0.3, 0.4) is 0 Å². The molecule has 0 bridgehead atoms. The Morgan fingerprint density at radius 3 is 3.05 bits per heavy atom. The number of hydrogen-bond acceptors (Lipinski definition) is 5. The molecule has 7 nitrogen and oxygen atoms in total. The van der Waals surface area contributed by atoms with Gasteiger partial charge in [0.25, 0.3) is 0 Å². The van der Waals surface area contributed by atoms with Crippen LogP contribution in [0.1, 0.15) is 0 Å². The van der Waals surface area contributed by atoms with E-state index in [9.17, 15) is 8.42 Å². The Morgan fingerprint density at radius 1 is 1.42 bits per heavy atom. The zero-order valence-corrected chi connectivity index (χ0v) is 11.0. The summed E-state index contributed by atoms with van der Waals surface area (Å²) in [6.07, 6.45) is 3.00. The standard InChI is InChI=1S/C11H15N3O4S/c15-5-7-18-6-4-14-19(16,17)10-8-13-11-9(10)2-1-3-12-11/h1-3,8,14-15H,4-7H2,(H,12,13). The first kappa shape index (κ1) is 13.9. The van der Waals surface area contributed by atoms with Crippen molar-refractivity contribution in [2.45, 2.75) is 4.90 Å². The molecule has 3 N–H and O–H groups in total. The number of H-pyrrole nitrogens is 1. The summed E-state index contributed by atoms with van der Waals surface area (Å²) in [6.45, 7) is 0.468. The Morgan fingerprint density at radius 2 is 2.26 bits per heavy atom. The number of rotatable bonds is 7. The van der Waals surface area contributed by atoms with Gasteiger partial charge in [0.15, 0.2) is 0 Å². The van der Waals surface area contributed by atoms with Crippen LogP contribution >= 0.6 is 0 Å². The normalized spacial score (nSPS) is 12.1. The van der Waals surface area contributed by atoms with Gasteiger partial charge in [0.1, 0.15) is 10.5 Å². The average molecular weight is 285 g/mol. The fourth-order valence-corrected chi connectivity index (χ4v) is 2.82. The fraction of sp³-hybridized carbons (Fsp3) is 0.364. The molecule has 19 heavy (non-hydrogen) atoms. The number of sulfonamides is 1. The third-order valence-electron chi connectivity index (χ3n) is 2.48. The monoisotopic (exact) mass is 285 g/mol. The molecule has 0 amide bonds. The highest BCUT2D eigenvalue weighted by atomic mass is 32.2. The highest BCUT2D eigenvalue weighted by molar-refractivity contribution is 7.89. The molecule has 0 aliphatic heterocycles. The van der Waals surface area contributed by atoms with Crippen LogP contribution in [0.15, 0.2) is 29.4 Å². The van der Waals surface area contributed by atoms with Crippen molar-refractivity contribution in [1.82, 2.24) is 14.7 Å². The second-order valence-corrected chi connectivity index (χ2v) is 5.52. The van der Waals surface area contributed by atoms with Crippen molar-refractivity contribution >= 4 is 21.1 Å². The van der Waals surface area contributed by atoms with E-state index >= 15 is 0 Å². The second-order valence-electron chi connectivity index (χ2n) is 3.79. The number of fused-ring (bicyclic) bond motifs is 1. The molecule has 0 spiro atoms. The Hall–Kier alpha value is -1.48. The Kier molecular flexibility index (Phi) is 4.48. The molecule has 2 aromatic heterocycles. The third-order valence-corrected chi connectivity index (χ3v) is 3.98. The van der Waals surface area contributed by atoms with E-state index in [0.717, 1.165) is 0 Å². The predicted molar refractivity (Wildman–Crippen MR) is 69.2 cm³/mol. The predicted octanol–water partition coefficient (Wildman–Crippen LogP) is -0.150. The molecule has 2 aromatic rings. The van der Waals surface area contributed by atoms with Gasteiger partial charge < -0.3 is 14.8 Å². The van der Waals surface area contributed by atoms with E-state index in [4.69, 9.17) is 9.84 Å². The van der Waals surface area contributed by atoms with Gasteiger partial charge in [0.05, 0.1) is 19.8 Å². The van der Waals surface area contributed by atoms with Gasteiger partial charge >= 0.3 is 0 Å². The highest BCUT2D eigenvalue weighted by Gasteiger charge is 2.18. The van der Waals surface area contributed by atoms with Gasteiger partial charge in [0, 0.05) is 24.3 Å². The molecule has 8 heteroatoms. The number of pyridine rings is 1. The lowest BCUT2D eigenvalue weighted by atomic mass is 10.3. The van der Waals surface area contributed by atoms with E-state index in [2.05, 4.69) is 14.7 Å². The molecular weight excluding hydrogens is 270 g/mol. The number of nitrogens with one attached hydrogen (secondary N) is 2. The summed E-state index contributed by atoms with van der Waals surface area (Å²) in [4.78, 5) is 7.01. The summed E-state index contributed by atoms with van der Waals surface area (Å²) in [5.74, 6) is 0. The molecule has 104 valence electrons. The van der Waals surface area contributed by atoms with Crippen molar-refractivity contribution < 1.29 is 18.3 Å². The molecule has 0 saturated heterocycles. The van der Waals surface area contributed by atoms with Crippen molar-refractivity contribution in [3.63, 3.8) is 0 Å². The Balaban J connectivity index is 2.07. The van der Waals surface area contributed by atoms with Crippen LogP contribution in [0.5, 0.6) is 0 Å². The number of aliphatic hydroxyl groups is 1. The molecule has 0 aliphatic rings. The lowest BCUT2D eigenvalue weighted by Crippen LogP contribution is -2.27. The van der Waals surface area contributed by atoms with Crippen LogP contribution < -0.4 is 4.72 Å². The maximum Gasteiger partial charge on any atom is 0.242 e. The van der Waals surface area contributed by atoms with Crippen molar-refractivity contribution in [3.8, 4) is 0 Å². The lowest BCUT2D eigenvalue weighted by molar-refractivity contribution is 0.0961. The van der Waals surface area contributed by atoms with Gasteiger partial charge in [-0.2, -0.15) is 0 Å². The summed E-state index contributed by atoms with van der Waals surface area (Å²) >= 11 is 0. The fourth-order valence-electron chi connectivity index (χ4n) is 1.65. The van der Waals surface area contributed by atoms with Crippen molar-refractivity contribution in [1.29, 1.82) is 0 Å². The topological polar surface area (TPSA) is 104 Å². The van der Waals surface area contributed by atoms with E-state index in [1.165, 1.54) is 6.20 Å². The van der Waals surface area contributed by atoms with E-state index < -0.39 is 10.0 Å². The molecule has 0 aromatic carbocycles. The molecule has 0 unspecified atom stereocenters. The number of ether oxygens (including phenoxy) is 1. The van der Waals surface area contributed by atoms with Crippen molar-refractivity contribution in [2.24, 2.45) is 0 Å². The number of aromatic nitrogens is 2. The summed E-state index contributed by atoms with van der Waals surface area (Å²) in [6, 6.07) is 3.37. The lowest BCUT2D eigenvalue weighted by Gasteiger charge is -2.05. The maximum absolute atomic E-state index is 12.1. The van der Waals surface area contributed by atoms with Gasteiger partial charge in [-0.1, -0.05) is 0 Å². The molecule has 0 fully saturated rings. The summed E-state index contributed by atoms with van der Waals surface area (Å²) < 4.78 is 31.6. The van der Waals surface area contributed by atoms with Crippen molar-refractivity contribution in [3.05, 3.63) is 24.5 Å². The summed E-state index contributed by atoms with van der Waals surface area (Å²) in [5, 5.41) is 9.07. The van der Waals surface area contributed by atoms with Crippen LogP contribution in [0.25, 0.3) is 11.0 Å². The van der Waals surface area contributed by atoms with Gasteiger partial charge in [0.2, 0.25) is 10.0 Å². The SMILES string of the molecule is O=S(=O)(NCCOCCO)c1c[nH]c2ncccc12. The zero-order valence-electron chi connectivity index (χ0n) is 10.2. The van der Waals surface area contributed by atoms with Crippen LogP contribution in [-0.2, 0) is 14.8 Å². The quantitative estimate of drug-likeness (QED) is 0.614. The van der Waals surface area contributed by atoms with Crippen LogP contribution in [0.4, 0.5) is 0 Å². The molecule has 0 atom stereocenters. The highest BCUT2D eigenvalue weighted by Crippen LogP contribution is 2.20.